The van der Waals surface area contributed by atoms with Crippen molar-refractivity contribution in [2.45, 2.75) is 13.8 Å². The SMILES string of the molecule is CCN1CCN(C(=O)c2cc3ccc(C)cc3o2)CC1. The Morgan fingerprint density at radius 2 is 1.95 bits per heavy atom. The van der Waals surface area contributed by atoms with E-state index in [2.05, 4.69) is 11.8 Å². The number of benzene rings is 1. The van der Waals surface area contributed by atoms with E-state index >= 15 is 0 Å². The van der Waals surface area contributed by atoms with Gasteiger partial charge in [-0.3, -0.25) is 4.79 Å². The number of carbonyl (C=O) groups excluding carboxylic acids is 1. The van der Waals surface area contributed by atoms with Crippen molar-refractivity contribution in [3.8, 4) is 0 Å². The summed E-state index contributed by atoms with van der Waals surface area (Å²) in [5.41, 5.74) is 1.93. The highest BCUT2D eigenvalue weighted by Gasteiger charge is 2.23. The Kier molecular flexibility index (Phi) is 3.49. The lowest BCUT2D eigenvalue weighted by atomic mass is 10.2. The summed E-state index contributed by atoms with van der Waals surface area (Å²) in [5.74, 6) is 0.463. The molecule has 0 N–H and O–H groups in total. The van der Waals surface area contributed by atoms with Gasteiger partial charge in [-0.2, -0.15) is 0 Å². The lowest BCUT2D eigenvalue weighted by Crippen LogP contribution is -2.48. The third-order valence-corrected chi connectivity index (χ3v) is 3.99. The van der Waals surface area contributed by atoms with Crippen molar-refractivity contribution < 1.29 is 9.21 Å². The Bertz CT molecular complexity index is 624. The Morgan fingerprint density at radius 1 is 1.20 bits per heavy atom. The number of amides is 1. The van der Waals surface area contributed by atoms with Gasteiger partial charge >= 0.3 is 0 Å². The topological polar surface area (TPSA) is 36.7 Å². The maximum absolute atomic E-state index is 12.5. The second kappa shape index (κ2) is 5.29. The first kappa shape index (κ1) is 13.2. The summed E-state index contributed by atoms with van der Waals surface area (Å²) in [5, 5.41) is 0.992. The number of aryl methyl sites for hydroxylation is 1. The molecule has 3 rings (SSSR count). The highest BCUT2D eigenvalue weighted by molar-refractivity contribution is 5.96. The van der Waals surface area contributed by atoms with Gasteiger partial charge in [0.1, 0.15) is 5.58 Å². The summed E-state index contributed by atoms with van der Waals surface area (Å²) in [6.45, 7) is 8.67. The van der Waals surface area contributed by atoms with Gasteiger partial charge in [-0.25, -0.2) is 0 Å². The fraction of sp³-hybridized carbons (Fsp3) is 0.438. The Balaban J connectivity index is 1.79. The molecule has 0 radical (unpaired) electrons. The van der Waals surface area contributed by atoms with Gasteiger partial charge in [-0.1, -0.05) is 19.1 Å². The zero-order chi connectivity index (χ0) is 14.1. The molecule has 1 aliphatic heterocycles. The zero-order valence-electron chi connectivity index (χ0n) is 12.1. The molecule has 1 aromatic heterocycles. The maximum atomic E-state index is 12.5. The van der Waals surface area contributed by atoms with E-state index in [0.29, 0.717) is 5.76 Å². The second-order valence-electron chi connectivity index (χ2n) is 5.38. The molecule has 2 heterocycles. The summed E-state index contributed by atoms with van der Waals surface area (Å²) in [7, 11) is 0. The largest absolute Gasteiger partial charge is 0.451 e. The van der Waals surface area contributed by atoms with Crippen molar-refractivity contribution in [2.24, 2.45) is 0 Å². The van der Waals surface area contributed by atoms with Gasteiger partial charge < -0.3 is 14.2 Å². The van der Waals surface area contributed by atoms with Gasteiger partial charge in [0, 0.05) is 31.6 Å². The molecule has 1 fully saturated rings. The number of furan rings is 1. The van der Waals surface area contributed by atoms with Gasteiger partial charge in [0.05, 0.1) is 0 Å². The number of nitrogens with zero attached hydrogens (tertiary/aromatic N) is 2. The second-order valence-corrected chi connectivity index (χ2v) is 5.38. The summed E-state index contributed by atoms with van der Waals surface area (Å²) >= 11 is 0. The number of carbonyl (C=O) groups is 1. The van der Waals surface area contributed by atoms with Crippen molar-refractivity contribution in [1.82, 2.24) is 9.80 Å². The van der Waals surface area contributed by atoms with Crippen molar-refractivity contribution in [2.75, 3.05) is 32.7 Å². The maximum Gasteiger partial charge on any atom is 0.289 e. The molecule has 1 aliphatic rings. The van der Waals surface area contributed by atoms with Crippen LogP contribution in [-0.4, -0.2) is 48.4 Å². The van der Waals surface area contributed by atoms with Crippen LogP contribution < -0.4 is 0 Å². The monoisotopic (exact) mass is 272 g/mol. The molecule has 0 saturated carbocycles. The van der Waals surface area contributed by atoms with Crippen LogP contribution in [-0.2, 0) is 0 Å². The van der Waals surface area contributed by atoms with Crippen molar-refractivity contribution >= 4 is 16.9 Å². The van der Waals surface area contributed by atoms with Crippen LogP contribution in [0, 0.1) is 6.92 Å². The van der Waals surface area contributed by atoms with E-state index in [-0.39, 0.29) is 5.91 Å². The van der Waals surface area contributed by atoms with Crippen molar-refractivity contribution in [1.29, 1.82) is 0 Å². The first-order chi connectivity index (χ1) is 9.67. The van der Waals surface area contributed by atoms with Crippen LogP contribution in [0.4, 0.5) is 0 Å². The number of rotatable bonds is 2. The molecular formula is C16H20N2O2. The van der Waals surface area contributed by atoms with Crippen LogP contribution >= 0.6 is 0 Å². The lowest BCUT2D eigenvalue weighted by Gasteiger charge is -2.33. The molecule has 0 bridgehead atoms. The lowest BCUT2D eigenvalue weighted by molar-refractivity contribution is 0.0614. The summed E-state index contributed by atoms with van der Waals surface area (Å²) in [6, 6.07) is 7.86. The van der Waals surface area contributed by atoms with Crippen LogP contribution in [0.1, 0.15) is 23.0 Å². The van der Waals surface area contributed by atoms with Crippen molar-refractivity contribution in [3.63, 3.8) is 0 Å². The quantitative estimate of drug-likeness (QED) is 0.843. The van der Waals surface area contributed by atoms with Gasteiger partial charge in [-0.05, 0) is 31.2 Å². The molecule has 1 aromatic carbocycles. The van der Waals surface area contributed by atoms with E-state index in [0.717, 1.165) is 49.3 Å². The van der Waals surface area contributed by atoms with Crippen LogP contribution in [0.25, 0.3) is 11.0 Å². The van der Waals surface area contributed by atoms with Crippen molar-refractivity contribution in [3.05, 3.63) is 35.6 Å². The van der Waals surface area contributed by atoms with E-state index in [1.165, 1.54) is 0 Å². The first-order valence-electron chi connectivity index (χ1n) is 7.19. The molecule has 106 valence electrons. The van der Waals surface area contributed by atoms with Gasteiger partial charge in [0.15, 0.2) is 5.76 Å². The minimum Gasteiger partial charge on any atom is -0.451 e. The molecule has 2 aromatic rings. The molecule has 0 unspecified atom stereocenters. The molecule has 1 saturated heterocycles. The van der Waals surface area contributed by atoms with Gasteiger partial charge in [0.25, 0.3) is 5.91 Å². The number of hydrogen-bond acceptors (Lipinski definition) is 3. The third-order valence-electron chi connectivity index (χ3n) is 3.99. The van der Waals surface area contributed by atoms with E-state index in [1.54, 1.807) is 0 Å². The fourth-order valence-electron chi connectivity index (χ4n) is 2.67. The molecule has 1 amide bonds. The molecule has 4 heteroatoms. The normalized spacial score (nSPS) is 16.8. The molecule has 0 atom stereocenters. The molecule has 0 aliphatic carbocycles. The highest BCUT2D eigenvalue weighted by Crippen LogP contribution is 2.22. The van der Waals surface area contributed by atoms with Crippen LogP contribution in [0.2, 0.25) is 0 Å². The first-order valence-corrected chi connectivity index (χ1v) is 7.19. The van der Waals surface area contributed by atoms with E-state index in [1.807, 2.05) is 36.1 Å². The highest BCUT2D eigenvalue weighted by atomic mass is 16.3. The van der Waals surface area contributed by atoms with E-state index in [9.17, 15) is 4.79 Å². The minimum atomic E-state index is 0.00889. The molecule has 4 nitrogen and oxygen atoms in total. The molecule has 0 spiro atoms. The van der Waals surface area contributed by atoms with Crippen LogP contribution in [0.5, 0.6) is 0 Å². The minimum absolute atomic E-state index is 0.00889. The molecular weight excluding hydrogens is 252 g/mol. The number of likely N-dealkylation sites (N-methyl/N-ethyl adjacent to an activating group) is 1. The predicted octanol–water partition coefficient (Wildman–Crippen LogP) is 2.52. The molecule has 20 heavy (non-hydrogen) atoms. The number of piperazine rings is 1. The fourth-order valence-corrected chi connectivity index (χ4v) is 2.67. The summed E-state index contributed by atoms with van der Waals surface area (Å²) in [4.78, 5) is 16.7. The van der Waals surface area contributed by atoms with E-state index < -0.39 is 0 Å². The predicted molar refractivity (Wildman–Crippen MR) is 79.0 cm³/mol. The third kappa shape index (κ3) is 2.43. The van der Waals surface area contributed by atoms with Gasteiger partial charge in [-0.15, -0.1) is 0 Å². The summed E-state index contributed by atoms with van der Waals surface area (Å²) < 4.78 is 5.71. The van der Waals surface area contributed by atoms with E-state index in [4.69, 9.17) is 4.42 Å². The summed E-state index contributed by atoms with van der Waals surface area (Å²) in [6.07, 6.45) is 0. The average Bonchev–Trinajstić information content (AvgIpc) is 2.89. The van der Waals surface area contributed by atoms with Crippen LogP contribution in [0.3, 0.4) is 0 Å². The Hall–Kier alpha value is -1.81. The Labute approximate surface area is 119 Å². The Morgan fingerprint density at radius 3 is 2.65 bits per heavy atom. The number of hydrogen-bond donors (Lipinski definition) is 0. The average molecular weight is 272 g/mol. The number of fused-ring (bicyclic) bond motifs is 1. The van der Waals surface area contributed by atoms with Gasteiger partial charge in [0.2, 0.25) is 0 Å². The smallest absolute Gasteiger partial charge is 0.289 e. The zero-order valence-corrected chi connectivity index (χ0v) is 12.1. The standard InChI is InChI=1S/C16H20N2O2/c1-3-17-6-8-18(9-7-17)16(19)15-11-13-5-4-12(2)10-14(13)20-15/h4-5,10-11H,3,6-9H2,1-2H3. The van der Waals surface area contributed by atoms with Crippen LogP contribution in [0.15, 0.2) is 28.7 Å².